The first-order chi connectivity index (χ1) is 17.7. The Kier molecular flexibility index (Phi) is 6.65. The first-order valence-corrected chi connectivity index (χ1v) is 13.6. The molecule has 0 spiro atoms. The molecule has 37 heavy (non-hydrogen) atoms. The molecule has 0 radical (unpaired) electrons. The van der Waals surface area contributed by atoms with E-state index in [1.165, 1.54) is 39.7 Å². The fourth-order valence-corrected chi connectivity index (χ4v) is 7.28. The number of halogens is 1. The number of aliphatic hydroxyl groups is 1. The van der Waals surface area contributed by atoms with Crippen molar-refractivity contribution < 1.29 is 22.7 Å². The Morgan fingerprint density at radius 1 is 1.22 bits per heavy atom. The van der Waals surface area contributed by atoms with Gasteiger partial charge in [-0.2, -0.15) is 4.31 Å². The number of amides is 1. The van der Waals surface area contributed by atoms with E-state index in [-0.39, 0.29) is 47.8 Å². The summed E-state index contributed by atoms with van der Waals surface area (Å²) in [6, 6.07) is 12.2. The average Bonchev–Trinajstić information content (AvgIpc) is 3.49. The smallest absolute Gasteiger partial charge is 0.250 e. The van der Waals surface area contributed by atoms with E-state index in [4.69, 9.17) is 5.73 Å². The van der Waals surface area contributed by atoms with Gasteiger partial charge in [0.05, 0.1) is 28.5 Å². The monoisotopic (exact) mass is 524 g/mol. The standard InChI is InChI=1S/C27H29FN4O4S/c1-17-23-15-30-32(21-10-8-20(28)9-11-21)24(23)14-18-6-7-19(26(17)18)16-31(12-13-33)37(35,36)25-5-3-2-4-22(25)27(29)34/h2-5,8-11,14-15,17,19,30,33H,6-7,12-13,16H2,1H3,(H2,29,34)/t17-,19+/m0/s1. The molecule has 1 aliphatic heterocycles. The van der Waals surface area contributed by atoms with Gasteiger partial charge in [0.15, 0.2) is 0 Å². The molecule has 4 N–H and O–H groups in total. The highest BCUT2D eigenvalue weighted by Crippen LogP contribution is 2.48. The number of primary amides is 1. The maximum Gasteiger partial charge on any atom is 0.250 e. The van der Waals surface area contributed by atoms with Gasteiger partial charge in [0.25, 0.3) is 0 Å². The van der Waals surface area contributed by atoms with E-state index in [2.05, 4.69) is 18.4 Å². The van der Waals surface area contributed by atoms with Gasteiger partial charge in [0, 0.05) is 30.8 Å². The molecule has 0 bridgehead atoms. The number of hydrogen-bond donors (Lipinski definition) is 3. The lowest BCUT2D eigenvalue weighted by Crippen LogP contribution is -2.39. The summed E-state index contributed by atoms with van der Waals surface area (Å²) in [4.78, 5) is 11.8. The van der Waals surface area contributed by atoms with Gasteiger partial charge in [-0.15, -0.1) is 0 Å². The van der Waals surface area contributed by atoms with Crippen molar-refractivity contribution in [2.45, 2.75) is 24.7 Å². The molecule has 2 atom stereocenters. The highest BCUT2D eigenvalue weighted by Gasteiger charge is 2.40. The molecule has 2 aromatic carbocycles. The number of anilines is 1. The third-order valence-electron chi connectivity index (χ3n) is 7.33. The summed E-state index contributed by atoms with van der Waals surface area (Å²) in [5, 5.41) is 11.6. The second kappa shape index (κ2) is 9.77. The summed E-state index contributed by atoms with van der Waals surface area (Å²) in [7, 11) is -4.08. The van der Waals surface area contributed by atoms with Crippen molar-refractivity contribution in [3.05, 3.63) is 94.6 Å². The largest absolute Gasteiger partial charge is 0.395 e. The third kappa shape index (κ3) is 4.45. The molecule has 0 unspecified atom stereocenters. The van der Waals surface area contributed by atoms with Crippen molar-refractivity contribution in [1.82, 2.24) is 9.73 Å². The molecular formula is C27H29FN4O4S. The first-order valence-electron chi connectivity index (χ1n) is 12.2. The minimum absolute atomic E-state index is 0.0389. The summed E-state index contributed by atoms with van der Waals surface area (Å²) in [5.74, 6) is -1.13. The number of nitrogens with one attached hydrogen (secondary N) is 1. The molecule has 0 aromatic heterocycles. The molecule has 194 valence electrons. The number of allylic oxidation sites excluding steroid dienone is 3. The number of carbonyl (C=O) groups excluding carboxylic acids is 1. The number of rotatable bonds is 8. The molecule has 10 heteroatoms. The molecule has 8 nitrogen and oxygen atoms in total. The Labute approximate surface area is 215 Å². The van der Waals surface area contributed by atoms with Crippen molar-refractivity contribution >= 4 is 21.6 Å². The van der Waals surface area contributed by atoms with Crippen LogP contribution in [0.25, 0.3) is 0 Å². The third-order valence-corrected chi connectivity index (χ3v) is 9.25. The van der Waals surface area contributed by atoms with Gasteiger partial charge in [-0.1, -0.05) is 24.6 Å². The lowest BCUT2D eigenvalue weighted by atomic mass is 9.80. The summed E-state index contributed by atoms with van der Waals surface area (Å²) in [6.07, 6.45) is 5.62. The highest BCUT2D eigenvalue weighted by atomic mass is 32.2. The van der Waals surface area contributed by atoms with E-state index in [1.54, 1.807) is 24.3 Å². The zero-order chi connectivity index (χ0) is 26.3. The lowest BCUT2D eigenvalue weighted by molar-refractivity contribution is 0.0997. The predicted molar refractivity (Wildman–Crippen MR) is 138 cm³/mol. The van der Waals surface area contributed by atoms with Gasteiger partial charge >= 0.3 is 0 Å². The number of sulfonamides is 1. The number of nitrogens with two attached hydrogens (primary N) is 1. The average molecular weight is 525 g/mol. The molecule has 2 aliphatic carbocycles. The number of nitrogens with zero attached hydrogens (tertiary/aromatic N) is 2. The molecule has 0 saturated carbocycles. The Hall–Kier alpha value is -3.47. The van der Waals surface area contributed by atoms with Crippen molar-refractivity contribution in [3.63, 3.8) is 0 Å². The Morgan fingerprint density at radius 3 is 2.65 bits per heavy atom. The van der Waals surface area contributed by atoms with Crippen molar-refractivity contribution in [2.75, 3.05) is 24.7 Å². The van der Waals surface area contributed by atoms with Crippen LogP contribution in [0.3, 0.4) is 0 Å². The molecule has 1 amide bonds. The molecule has 2 aromatic rings. The Morgan fingerprint density at radius 2 is 1.95 bits per heavy atom. The topological polar surface area (TPSA) is 116 Å². The van der Waals surface area contributed by atoms with Crippen LogP contribution in [0, 0.1) is 17.7 Å². The molecule has 1 heterocycles. The summed E-state index contributed by atoms with van der Waals surface area (Å²) in [6.45, 7) is 1.85. The van der Waals surface area contributed by atoms with Crippen molar-refractivity contribution in [3.8, 4) is 0 Å². The van der Waals surface area contributed by atoms with Gasteiger partial charge in [-0.3, -0.25) is 9.80 Å². The van der Waals surface area contributed by atoms with Crippen LogP contribution in [-0.4, -0.2) is 43.4 Å². The fourth-order valence-electron chi connectivity index (χ4n) is 5.61. The summed E-state index contributed by atoms with van der Waals surface area (Å²) < 4.78 is 41.9. The van der Waals surface area contributed by atoms with Crippen LogP contribution in [0.1, 0.15) is 30.1 Å². The number of hydrazine groups is 1. The lowest BCUT2D eigenvalue weighted by Gasteiger charge is -2.32. The van der Waals surface area contributed by atoms with Crippen LogP contribution in [0.4, 0.5) is 10.1 Å². The van der Waals surface area contributed by atoms with Gasteiger partial charge in [0.1, 0.15) is 5.82 Å². The second-order valence-electron chi connectivity index (χ2n) is 9.46. The van der Waals surface area contributed by atoms with Crippen LogP contribution in [0.5, 0.6) is 0 Å². The molecule has 5 rings (SSSR count). The molecule has 3 aliphatic rings. The van der Waals surface area contributed by atoms with Crippen LogP contribution in [0.15, 0.2) is 88.1 Å². The van der Waals surface area contributed by atoms with E-state index in [1.807, 2.05) is 11.2 Å². The van der Waals surface area contributed by atoms with Crippen molar-refractivity contribution in [2.24, 2.45) is 17.6 Å². The highest BCUT2D eigenvalue weighted by molar-refractivity contribution is 7.89. The normalized spacial score (nSPS) is 20.9. The number of hydrogen-bond acceptors (Lipinski definition) is 6. The number of fused-ring (bicyclic) bond motifs is 1. The van der Waals surface area contributed by atoms with Crippen LogP contribution in [-0.2, 0) is 10.0 Å². The minimum atomic E-state index is -4.08. The maximum atomic E-state index is 13.6. The Bertz CT molecular complexity index is 1430. The van der Waals surface area contributed by atoms with Gasteiger partial charge in [-0.25, -0.2) is 12.8 Å². The van der Waals surface area contributed by atoms with Gasteiger partial charge in [0.2, 0.25) is 15.9 Å². The zero-order valence-corrected chi connectivity index (χ0v) is 21.2. The maximum absolute atomic E-state index is 13.6. The van der Waals surface area contributed by atoms with Gasteiger partial charge < -0.3 is 16.3 Å². The van der Waals surface area contributed by atoms with E-state index in [9.17, 15) is 22.7 Å². The number of aliphatic hydroxyl groups excluding tert-OH is 1. The van der Waals surface area contributed by atoms with Gasteiger partial charge in [-0.05, 0) is 66.8 Å². The predicted octanol–water partition coefficient (Wildman–Crippen LogP) is 3.06. The van der Waals surface area contributed by atoms with Crippen molar-refractivity contribution in [1.29, 1.82) is 0 Å². The fraction of sp³-hybridized carbons (Fsp3) is 0.296. The summed E-state index contributed by atoms with van der Waals surface area (Å²) in [5.41, 5.74) is 13.9. The van der Waals surface area contributed by atoms with E-state index < -0.39 is 15.9 Å². The van der Waals surface area contributed by atoms with E-state index in [0.29, 0.717) is 0 Å². The second-order valence-corrected chi connectivity index (χ2v) is 11.4. The van der Waals surface area contributed by atoms with Crippen LogP contribution < -0.4 is 16.2 Å². The number of benzene rings is 2. The SMILES string of the molecule is C[C@H]1C2=CNN(c3ccc(F)cc3)C2=CC2=C1[C@@H](CN(CCO)S(=O)(=O)c1ccccc1C(N)=O)CC2. The van der Waals surface area contributed by atoms with Crippen LogP contribution >= 0.6 is 0 Å². The van der Waals surface area contributed by atoms with E-state index in [0.717, 1.165) is 29.8 Å². The van der Waals surface area contributed by atoms with Crippen LogP contribution in [0.2, 0.25) is 0 Å². The van der Waals surface area contributed by atoms with E-state index >= 15 is 0 Å². The minimum Gasteiger partial charge on any atom is -0.395 e. The molecule has 0 saturated heterocycles. The zero-order valence-electron chi connectivity index (χ0n) is 20.4. The molecule has 0 fully saturated rings. The Balaban J connectivity index is 1.45. The summed E-state index contributed by atoms with van der Waals surface area (Å²) >= 11 is 0. The molecular weight excluding hydrogens is 495 g/mol. The number of carbonyl (C=O) groups is 1. The first kappa shape index (κ1) is 25.2. The quantitative estimate of drug-likeness (QED) is 0.489.